The maximum absolute atomic E-state index is 15.0. The molecule has 0 unspecified atom stereocenters. The number of hydrogen-bond donors (Lipinski definition) is 2. The Morgan fingerprint density at radius 1 is 1.11 bits per heavy atom. The molecule has 0 bridgehead atoms. The fraction of sp³-hybridized carbons (Fsp3) is 0.296. The summed E-state index contributed by atoms with van der Waals surface area (Å²) >= 11 is 0. The Balaban J connectivity index is 1.47. The third-order valence-corrected chi connectivity index (χ3v) is 6.64. The average Bonchev–Trinajstić information content (AvgIpc) is 3.38. The van der Waals surface area contributed by atoms with Crippen LogP contribution < -0.4 is 20.4 Å². The standard InChI is InChI=1S/C27H27FN4O3/c1-27(2,16-12-23(35-3)25(29-15-16)32-10-6-7-11-32)31-26(34)18-14-22-19(13-20(18)28)24(33)17-8-4-5-9-21(17)30-22/h4-5,8-9,12-15H,6-7,10-11H2,1-3H3,(H,30,33)(H,31,34). The van der Waals surface area contributed by atoms with Gasteiger partial charge in [0.15, 0.2) is 17.0 Å². The van der Waals surface area contributed by atoms with E-state index < -0.39 is 17.3 Å². The zero-order valence-corrected chi connectivity index (χ0v) is 19.9. The molecular formula is C27H27FN4O3. The van der Waals surface area contributed by atoms with E-state index in [-0.39, 0.29) is 16.4 Å². The number of methoxy groups -OCH3 is 1. The smallest absolute Gasteiger partial charge is 0.255 e. The van der Waals surface area contributed by atoms with Crippen molar-refractivity contribution in [3.63, 3.8) is 0 Å². The number of pyridine rings is 2. The van der Waals surface area contributed by atoms with Crippen molar-refractivity contribution in [1.82, 2.24) is 15.3 Å². The highest BCUT2D eigenvalue weighted by molar-refractivity contribution is 6.00. The van der Waals surface area contributed by atoms with Gasteiger partial charge in [-0.3, -0.25) is 9.59 Å². The van der Waals surface area contributed by atoms with Gasteiger partial charge in [0.25, 0.3) is 5.91 Å². The van der Waals surface area contributed by atoms with Gasteiger partial charge in [-0.15, -0.1) is 0 Å². The highest BCUT2D eigenvalue weighted by Crippen LogP contribution is 2.33. The number of benzene rings is 2. The summed E-state index contributed by atoms with van der Waals surface area (Å²) in [7, 11) is 1.60. The first-order valence-corrected chi connectivity index (χ1v) is 11.6. The van der Waals surface area contributed by atoms with E-state index in [4.69, 9.17) is 4.74 Å². The molecular weight excluding hydrogens is 447 g/mol. The number of ether oxygens (including phenoxy) is 1. The Hall–Kier alpha value is -3.94. The van der Waals surface area contributed by atoms with Gasteiger partial charge >= 0.3 is 0 Å². The average molecular weight is 475 g/mol. The minimum absolute atomic E-state index is 0.148. The zero-order valence-electron chi connectivity index (χ0n) is 19.9. The number of nitrogens with one attached hydrogen (secondary N) is 2. The van der Waals surface area contributed by atoms with E-state index in [1.54, 1.807) is 37.6 Å². The zero-order chi connectivity index (χ0) is 24.7. The number of hydrogen-bond acceptors (Lipinski definition) is 5. The Morgan fingerprint density at radius 2 is 1.86 bits per heavy atom. The van der Waals surface area contributed by atoms with Crippen molar-refractivity contribution in [1.29, 1.82) is 0 Å². The molecule has 1 aliphatic heterocycles. The maximum atomic E-state index is 15.0. The molecule has 2 aromatic heterocycles. The van der Waals surface area contributed by atoms with Crippen LogP contribution in [-0.4, -0.2) is 36.1 Å². The molecule has 0 atom stereocenters. The van der Waals surface area contributed by atoms with Crippen molar-refractivity contribution < 1.29 is 13.9 Å². The number of nitrogens with zero attached hydrogens (tertiary/aromatic N) is 2. The summed E-state index contributed by atoms with van der Waals surface area (Å²) in [6, 6.07) is 11.4. The molecule has 2 aromatic carbocycles. The van der Waals surface area contributed by atoms with Crippen molar-refractivity contribution in [3.05, 3.63) is 75.8 Å². The summed E-state index contributed by atoms with van der Waals surface area (Å²) in [5.74, 6) is 0.0679. The molecule has 1 fully saturated rings. The maximum Gasteiger partial charge on any atom is 0.255 e. The van der Waals surface area contributed by atoms with Crippen LogP contribution in [0.4, 0.5) is 10.2 Å². The van der Waals surface area contributed by atoms with Gasteiger partial charge in [0, 0.05) is 35.6 Å². The molecule has 2 N–H and O–H groups in total. The van der Waals surface area contributed by atoms with Crippen molar-refractivity contribution >= 4 is 33.5 Å². The Labute approximate surface area is 201 Å². The fourth-order valence-corrected chi connectivity index (χ4v) is 4.64. The second-order valence-corrected chi connectivity index (χ2v) is 9.40. The van der Waals surface area contributed by atoms with Crippen LogP contribution in [0.25, 0.3) is 21.8 Å². The van der Waals surface area contributed by atoms with E-state index in [0.717, 1.165) is 43.4 Å². The molecule has 8 heteroatoms. The summed E-state index contributed by atoms with van der Waals surface area (Å²) in [6.45, 7) is 5.51. The molecule has 0 spiro atoms. The van der Waals surface area contributed by atoms with E-state index in [0.29, 0.717) is 22.2 Å². The lowest BCUT2D eigenvalue weighted by atomic mass is 9.94. The van der Waals surface area contributed by atoms with Crippen LogP contribution in [0.2, 0.25) is 0 Å². The van der Waals surface area contributed by atoms with E-state index >= 15 is 4.39 Å². The summed E-state index contributed by atoms with van der Waals surface area (Å²) in [5, 5.41) is 3.57. The van der Waals surface area contributed by atoms with Gasteiger partial charge in [-0.05, 0) is 62.6 Å². The van der Waals surface area contributed by atoms with Gasteiger partial charge in [-0.1, -0.05) is 12.1 Å². The minimum atomic E-state index is -0.862. The first-order chi connectivity index (χ1) is 16.8. The lowest BCUT2D eigenvalue weighted by Crippen LogP contribution is -2.41. The first kappa shape index (κ1) is 22.8. The van der Waals surface area contributed by atoms with Crippen LogP contribution in [0.1, 0.15) is 42.6 Å². The van der Waals surface area contributed by atoms with Gasteiger partial charge in [-0.2, -0.15) is 0 Å². The molecule has 3 heterocycles. The van der Waals surface area contributed by atoms with Crippen molar-refractivity contribution in [3.8, 4) is 5.75 Å². The molecule has 1 saturated heterocycles. The highest BCUT2D eigenvalue weighted by Gasteiger charge is 2.28. The quantitative estimate of drug-likeness (QED) is 0.416. The van der Waals surface area contributed by atoms with Gasteiger partial charge < -0.3 is 19.9 Å². The number of amides is 1. The minimum Gasteiger partial charge on any atom is -0.493 e. The summed E-state index contributed by atoms with van der Waals surface area (Å²) < 4.78 is 20.6. The lowest BCUT2D eigenvalue weighted by Gasteiger charge is -2.28. The predicted octanol–water partition coefficient (Wildman–Crippen LogP) is 4.49. The van der Waals surface area contributed by atoms with E-state index in [9.17, 15) is 9.59 Å². The van der Waals surface area contributed by atoms with Crippen molar-refractivity contribution in [2.75, 3.05) is 25.1 Å². The summed E-state index contributed by atoms with van der Waals surface area (Å²) in [4.78, 5) is 35.9. The fourth-order valence-electron chi connectivity index (χ4n) is 4.64. The van der Waals surface area contributed by atoms with Crippen LogP contribution in [0.15, 0.2) is 53.5 Å². The summed E-state index contributed by atoms with van der Waals surface area (Å²) in [6.07, 6.45) is 3.95. The second kappa shape index (κ2) is 8.69. The number of anilines is 1. The van der Waals surface area contributed by atoms with Crippen molar-refractivity contribution in [2.45, 2.75) is 32.2 Å². The number of aromatic amines is 1. The predicted molar refractivity (Wildman–Crippen MR) is 135 cm³/mol. The van der Waals surface area contributed by atoms with Crippen LogP contribution >= 0.6 is 0 Å². The number of fused-ring (bicyclic) bond motifs is 2. The van der Waals surface area contributed by atoms with Crippen LogP contribution in [0, 0.1) is 5.82 Å². The van der Waals surface area contributed by atoms with Crippen LogP contribution in [0.5, 0.6) is 5.75 Å². The Kier molecular flexibility index (Phi) is 5.67. The van der Waals surface area contributed by atoms with E-state index in [1.165, 1.54) is 6.07 Å². The number of carbonyl (C=O) groups excluding carboxylic acids is 1. The number of H-pyrrole nitrogens is 1. The Bertz CT molecular complexity index is 1510. The number of rotatable bonds is 5. The largest absolute Gasteiger partial charge is 0.493 e. The SMILES string of the molecule is COc1cc(C(C)(C)NC(=O)c2cc3[nH]c4ccccc4c(=O)c3cc2F)cnc1N1CCCC1. The molecule has 1 amide bonds. The third kappa shape index (κ3) is 4.09. The molecule has 5 rings (SSSR count). The Morgan fingerprint density at radius 3 is 2.60 bits per heavy atom. The number of para-hydroxylation sites is 1. The third-order valence-electron chi connectivity index (χ3n) is 6.64. The van der Waals surface area contributed by atoms with E-state index in [1.807, 2.05) is 19.9 Å². The molecule has 180 valence electrons. The highest BCUT2D eigenvalue weighted by atomic mass is 19.1. The number of halogens is 1. The molecule has 1 aliphatic rings. The lowest BCUT2D eigenvalue weighted by molar-refractivity contribution is 0.0908. The first-order valence-electron chi connectivity index (χ1n) is 11.6. The second-order valence-electron chi connectivity index (χ2n) is 9.40. The normalized spacial score (nSPS) is 14.0. The summed E-state index contributed by atoms with van der Waals surface area (Å²) in [5.41, 5.74) is 0.461. The number of carbonyl (C=O) groups is 1. The van der Waals surface area contributed by atoms with Crippen LogP contribution in [0.3, 0.4) is 0 Å². The molecule has 35 heavy (non-hydrogen) atoms. The molecule has 4 aromatic rings. The van der Waals surface area contributed by atoms with E-state index in [2.05, 4.69) is 20.2 Å². The van der Waals surface area contributed by atoms with Gasteiger partial charge in [0.1, 0.15) is 5.82 Å². The molecule has 0 saturated carbocycles. The van der Waals surface area contributed by atoms with Crippen molar-refractivity contribution in [2.24, 2.45) is 0 Å². The van der Waals surface area contributed by atoms with Gasteiger partial charge in [-0.25, -0.2) is 9.37 Å². The van der Waals surface area contributed by atoms with Gasteiger partial charge in [0.05, 0.1) is 23.7 Å². The topological polar surface area (TPSA) is 87.3 Å². The molecule has 0 radical (unpaired) electrons. The molecule has 0 aliphatic carbocycles. The van der Waals surface area contributed by atoms with Crippen LogP contribution in [-0.2, 0) is 5.54 Å². The van der Waals surface area contributed by atoms with Gasteiger partial charge in [0.2, 0.25) is 0 Å². The molecule has 7 nitrogen and oxygen atoms in total. The number of aromatic nitrogens is 2. The monoisotopic (exact) mass is 474 g/mol.